The molecule has 158 valence electrons. The molecule has 2 rings (SSSR count). The number of ether oxygens (including phenoxy) is 2. The Hall–Kier alpha value is -3.10. The number of hydrogen-bond acceptors (Lipinski definition) is 6. The molecule has 2 heterocycles. The molecule has 9 heteroatoms. The maximum atomic E-state index is 12.6. The molecule has 2 amide bonds. The van der Waals surface area contributed by atoms with Gasteiger partial charge in [0.15, 0.2) is 0 Å². The lowest BCUT2D eigenvalue weighted by atomic mass is 10.1. The second-order valence-electron chi connectivity index (χ2n) is 8.73. The molecule has 2 aromatic heterocycles. The molecule has 0 aliphatic heterocycles. The van der Waals surface area contributed by atoms with Crippen LogP contribution in [0, 0.1) is 0 Å². The lowest BCUT2D eigenvalue weighted by Crippen LogP contribution is -2.47. The molecule has 0 spiro atoms. The Balaban J connectivity index is 2.25. The van der Waals surface area contributed by atoms with Crippen molar-refractivity contribution in [1.29, 1.82) is 0 Å². The first kappa shape index (κ1) is 22.2. The van der Waals surface area contributed by atoms with Gasteiger partial charge in [-0.3, -0.25) is 4.79 Å². The maximum Gasteiger partial charge on any atom is 0.408 e. The van der Waals surface area contributed by atoms with Crippen LogP contribution in [-0.2, 0) is 20.7 Å². The van der Waals surface area contributed by atoms with Gasteiger partial charge in [-0.25, -0.2) is 14.6 Å². The van der Waals surface area contributed by atoms with Crippen molar-refractivity contribution in [3.63, 3.8) is 0 Å². The summed E-state index contributed by atoms with van der Waals surface area (Å²) < 4.78 is 12.3. The summed E-state index contributed by atoms with van der Waals surface area (Å²) in [6.45, 7) is 10.4. The predicted molar refractivity (Wildman–Crippen MR) is 106 cm³/mol. The summed E-state index contributed by atoms with van der Waals surface area (Å²) in [5.74, 6) is -1.21. The van der Waals surface area contributed by atoms with Crippen molar-refractivity contribution in [2.45, 2.75) is 65.2 Å². The molecule has 2 aromatic rings. The molecule has 1 atom stereocenters. The molecule has 0 radical (unpaired) electrons. The number of aromatic nitrogens is 2. The number of carbonyl (C=O) groups excluding carboxylic acids is 3. The van der Waals surface area contributed by atoms with Crippen LogP contribution in [-0.4, -0.2) is 44.6 Å². The van der Waals surface area contributed by atoms with Crippen molar-refractivity contribution in [1.82, 2.24) is 14.7 Å². The minimum atomic E-state index is -0.958. The van der Waals surface area contributed by atoms with Crippen molar-refractivity contribution in [2.75, 3.05) is 0 Å². The van der Waals surface area contributed by atoms with Gasteiger partial charge in [0.25, 0.3) is 5.91 Å². The van der Waals surface area contributed by atoms with Gasteiger partial charge in [0.1, 0.15) is 28.6 Å². The smallest absolute Gasteiger partial charge is 0.408 e. The zero-order chi connectivity index (χ0) is 22.0. The Labute approximate surface area is 169 Å². The normalized spacial score (nSPS) is 13.0. The number of esters is 1. The molecule has 29 heavy (non-hydrogen) atoms. The van der Waals surface area contributed by atoms with E-state index in [0.29, 0.717) is 5.65 Å². The molecular formula is C20H28N4O5. The van der Waals surface area contributed by atoms with E-state index in [1.165, 1.54) is 6.20 Å². The maximum absolute atomic E-state index is 12.6. The highest BCUT2D eigenvalue weighted by Crippen LogP contribution is 2.14. The van der Waals surface area contributed by atoms with Gasteiger partial charge in [-0.1, -0.05) is 6.07 Å². The van der Waals surface area contributed by atoms with E-state index in [4.69, 9.17) is 15.2 Å². The lowest BCUT2D eigenvalue weighted by Gasteiger charge is -2.26. The highest BCUT2D eigenvalue weighted by atomic mass is 16.6. The number of rotatable bonds is 5. The topological polar surface area (TPSA) is 125 Å². The third kappa shape index (κ3) is 6.78. The molecule has 9 nitrogen and oxygen atoms in total. The number of nitrogens with zero attached hydrogens (tertiary/aromatic N) is 2. The number of pyridine rings is 1. The van der Waals surface area contributed by atoms with Crippen LogP contribution in [0.5, 0.6) is 0 Å². The summed E-state index contributed by atoms with van der Waals surface area (Å²) in [7, 11) is 0. The number of alkyl carbamates (subject to hydrolysis) is 1. The standard InChI is InChI=1S/C20H28N4O5/c1-19(2,3)28-17(26)13(23-18(27)29-20(4,5)6)9-12-7-8-15-22-14(16(21)25)11-24(15)10-12/h7-8,10-11,13H,9H2,1-6H3,(H2,21,25)(H,23,27)/t13-/m0/s1. The second kappa shape index (κ2) is 8.10. The number of imidazole rings is 1. The Morgan fingerprint density at radius 2 is 1.69 bits per heavy atom. The molecule has 0 aliphatic rings. The third-order valence-electron chi connectivity index (χ3n) is 3.59. The fraction of sp³-hybridized carbons (Fsp3) is 0.500. The van der Waals surface area contributed by atoms with Gasteiger partial charge in [-0.05, 0) is 53.2 Å². The molecule has 0 unspecified atom stereocenters. The second-order valence-corrected chi connectivity index (χ2v) is 8.73. The first-order valence-corrected chi connectivity index (χ1v) is 9.23. The number of fused-ring (bicyclic) bond motifs is 1. The first-order valence-electron chi connectivity index (χ1n) is 9.23. The highest BCUT2D eigenvalue weighted by Gasteiger charge is 2.29. The van der Waals surface area contributed by atoms with E-state index in [0.717, 1.165) is 5.56 Å². The lowest BCUT2D eigenvalue weighted by molar-refractivity contribution is -0.157. The van der Waals surface area contributed by atoms with Crippen LogP contribution >= 0.6 is 0 Å². The first-order chi connectivity index (χ1) is 13.2. The van der Waals surface area contributed by atoms with Gasteiger partial charge in [-0.2, -0.15) is 0 Å². The van der Waals surface area contributed by atoms with Crippen LogP contribution in [0.1, 0.15) is 57.6 Å². The Kier molecular flexibility index (Phi) is 6.20. The number of nitrogens with two attached hydrogens (primary N) is 1. The summed E-state index contributed by atoms with van der Waals surface area (Å²) in [5.41, 5.74) is 5.24. The Morgan fingerprint density at radius 1 is 1.07 bits per heavy atom. The van der Waals surface area contributed by atoms with Gasteiger partial charge in [-0.15, -0.1) is 0 Å². The SMILES string of the molecule is CC(C)(C)OC(=O)N[C@@H](Cc1ccc2nc(C(N)=O)cn2c1)C(=O)OC(C)(C)C. The number of hydrogen-bond donors (Lipinski definition) is 2. The highest BCUT2D eigenvalue weighted by molar-refractivity contribution is 5.91. The van der Waals surface area contributed by atoms with E-state index in [1.807, 2.05) is 0 Å². The van der Waals surface area contributed by atoms with Crippen LogP contribution in [0.3, 0.4) is 0 Å². The fourth-order valence-corrected chi connectivity index (χ4v) is 2.53. The van der Waals surface area contributed by atoms with Crippen molar-refractivity contribution in [3.05, 3.63) is 35.8 Å². The van der Waals surface area contributed by atoms with Crippen molar-refractivity contribution < 1.29 is 23.9 Å². The average Bonchev–Trinajstić information content (AvgIpc) is 2.94. The van der Waals surface area contributed by atoms with Gasteiger partial charge in [0.05, 0.1) is 0 Å². The average molecular weight is 404 g/mol. The van der Waals surface area contributed by atoms with Crippen molar-refractivity contribution >= 4 is 23.6 Å². The summed E-state index contributed by atoms with van der Waals surface area (Å²) in [6.07, 6.45) is 2.66. The molecule has 0 saturated heterocycles. The van der Waals surface area contributed by atoms with E-state index in [9.17, 15) is 14.4 Å². The van der Waals surface area contributed by atoms with Crippen molar-refractivity contribution in [3.8, 4) is 0 Å². The van der Waals surface area contributed by atoms with Crippen molar-refractivity contribution in [2.24, 2.45) is 5.73 Å². The van der Waals surface area contributed by atoms with Gasteiger partial charge >= 0.3 is 12.1 Å². The number of carbonyl (C=O) groups is 3. The van der Waals surface area contributed by atoms with Gasteiger partial charge in [0, 0.05) is 18.8 Å². The third-order valence-corrected chi connectivity index (χ3v) is 3.59. The number of amides is 2. The molecule has 0 aliphatic carbocycles. The number of nitrogens with one attached hydrogen (secondary N) is 1. The van der Waals surface area contributed by atoms with Crippen LogP contribution in [0.15, 0.2) is 24.5 Å². The van der Waals surface area contributed by atoms with Crippen LogP contribution in [0.25, 0.3) is 5.65 Å². The quantitative estimate of drug-likeness (QED) is 0.736. The zero-order valence-electron chi connectivity index (χ0n) is 17.6. The van der Waals surface area contributed by atoms with E-state index in [2.05, 4.69) is 10.3 Å². The summed E-state index contributed by atoms with van der Waals surface area (Å²) in [4.78, 5) is 40.3. The Morgan fingerprint density at radius 3 is 2.24 bits per heavy atom. The van der Waals surface area contributed by atoms with E-state index < -0.39 is 35.2 Å². The largest absolute Gasteiger partial charge is 0.458 e. The van der Waals surface area contributed by atoms with Gasteiger partial charge in [0.2, 0.25) is 0 Å². The van der Waals surface area contributed by atoms with Gasteiger partial charge < -0.3 is 24.9 Å². The molecule has 0 aromatic carbocycles. The van der Waals surface area contributed by atoms with Crippen LogP contribution < -0.4 is 11.1 Å². The molecule has 0 saturated carbocycles. The minimum Gasteiger partial charge on any atom is -0.458 e. The monoisotopic (exact) mass is 404 g/mol. The van der Waals surface area contributed by atoms with Crippen LogP contribution in [0.4, 0.5) is 4.79 Å². The van der Waals surface area contributed by atoms with E-state index in [-0.39, 0.29) is 12.1 Å². The molecule has 0 bridgehead atoms. The van der Waals surface area contributed by atoms with E-state index in [1.54, 1.807) is 64.3 Å². The minimum absolute atomic E-state index is 0.137. The van der Waals surface area contributed by atoms with E-state index >= 15 is 0 Å². The predicted octanol–water partition coefficient (Wildman–Crippen LogP) is 2.21. The molecule has 0 fully saturated rings. The Bertz CT molecular complexity index is 921. The fourth-order valence-electron chi connectivity index (χ4n) is 2.53. The molecular weight excluding hydrogens is 376 g/mol. The summed E-state index contributed by atoms with van der Waals surface area (Å²) >= 11 is 0. The molecule has 3 N–H and O–H groups in total. The number of primary amides is 1. The summed E-state index contributed by atoms with van der Waals surface area (Å²) in [5, 5.41) is 2.58. The van der Waals surface area contributed by atoms with Crippen LogP contribution in [0.2, 0.25) is 0 Å². The zero-order valence-corrected chi connectivity index (χ0v) is 17.6. The summed E-state index contributed by atoms with van der Waals surface area (Å²) in [6, 6.07) is 2.49.